The van der Waals surface area contributed by atoms with Crippen molar-refractivity contribution in [3.05, 3.63) is 0 Å². The Kier molecular flexibility index (Phi) is 5.80. The van der Waals surface area contributed by atoms with Crippen LogP contribution in [-0.2, 0) is 4.52 Å². The summed E-state index contributed by atoms with van der Waals surface area (Å²) in [6.45, 7) is 14.4. The third-order valence-electron chi connectivity index (χ3n) is 3.80. The molecule has 3 nitrogen and oxygen atoms in total. The van der Waals surface area contributed by atoms with E-state index in [1.165, 1.54) is 19.3 Å². The van der Waals surface area contributed by atoms with Crippen molar-refractivity contribution in [2.45, 2.75) is 84.0 Å². The molecule has 0 aromatic heterocycles. The van der Waals surface area contributed by atoms with Crippen LogP contribution in [0.25, 0.3) is 0 Å². The molecule has 0 aromatic rings. The monoisotopic (exact) mass is 284 g/mol. The van der Waals surface area contributed by atoms with E-state index in [0.717, 1.165) is 0 Å². The minimum atomic E-state index is -0.643. The summed E-state index contributed by atoms with van der Waals surface area (Å²) in [7, 11) is -0.643. The van der Waals surface area contributed by atoms with Crippen LogP contribution in [0.15, 0.2) is 0 Å². The van der Waals surface area contributed by atoms with Crippen molar-refractivity contribution in [2.75, 3.05) is 6.61 Å². The number of nitrogens with zero attached hydrogens (tertiary/aromatic N) is 2. The van der Waals surface area contributed by atoms with Gasteiger partial charge in [0, 0.05) is 16.7 Å². The standard InChI is InChI=1S/C15H29N2OP/c1-13(2)19(18-12-8-11-16)17-14(3,4)9-7-10-15(17,5)6/h13H,7-10,12H2,1-6H3. The second-order valence-electron chi connectivity index (χ2n) is 6.93. The van der Waals surface area contributed by atoms with Crippen LogP contribution in [-0.4, -0.2) is 28.0 Å². The van der Waals surface area contributed by atoms with Gasteiger partial charge in [0.25, 0.3) is 0 Å². The Balaban J connectivity index is 2.93. The predicted molar refractivity (Wildman–Crippen MR) is 82.1 cm³/mol. The molecule has 0 aliphatic carbocycles. The Morgan fingerprint density at radius 2 is 1.74 bits per heavy atom. The van der Waals surface area contributed by atoms with Crippen molar-refractivity contribution in [3.8, 4) is 6.07 Å². The summed E-state index contributed by atoms with van der Waals surface area (Å²) in [4.78, 5) is 0. The zero-order valence-corrected chi connectivity index (χ0v) is 14.3. The molecule has 1 aliphatic rings. The predicted octanol–water partition coefficient (Wildman–Crippen LogP) is 4.68. The first-order chi connectivity index (χ1) is 8.72. The minimum Gasteiger partial charge on any atom is -0.342 e. The van der Waals surface area contributed by atoms with E-state index in [4.69, 9.17) is 9.79 Å². The van der Waals surface area contributed by atoms with Crippen molar-refractivity contribution in [1.29, 1.82) is 5.26 Å². The lowest BCUT2D eigenvalue weighted by atomic mass is 9.83. The third kappa shape index (κ3) is 4.15. The van der Waals surface area contributed by atoms with Crippen LogP contribution in [0.1, 0.15) is 67.2 Å². The van der Waals surface area contributed by atoms with Gasteiger partial charge in [-0.05, 0) is 47.0 Å². The highest BCUT2D eigenvalue weighted by atomic mass is 31.2. The molecule has 1 atom stereocenters. The molecule has 110 valence electrons. The minimum absolute atomic E-state index is 0.185. The van der Waals surface area contributed by atoms with Crippen molar-refractivity contribution in [3.63, 3.8) is 0 Å². The normalized spacial score (nSPS) is 24.1. The van der Waals surface area contributed by atoms with E-state index in [1.807, 2.05) is 0 Å². The van der Waals surface area contributed by atoms with Crippen LogP contribution >= 0.6 is 8.30 Å². The quantitative estimate of drug-likeness (QED) is 0.543. The molecule has 0 N–H and O–H groups in total. The van der Waals surface area contributed by atoms with Crippen LogP contribution in [0.3, 0.4) is 0 Å². The lowest BCUT2D eigenvalue weighted by Gasteiger charge is -2.56. The maximum Gasteiger partial charge on any atom is 0.107 e. The molecule has 0 radical (unpaired) electrons. The van der Waals surface area contributed by atoms with E-state index in [0.29, 0.717) is 18.7 Å². The van der Waals surface area contributed by atoms with E-state index >= 15 is 0 Å². The lowest BCUT2D eigenvalue weighted by molar-refractivity contribution is 0.0461. The average Bonchev–Trinajstić information content (AvgIpc) is 2.24. The summed E-state index contributed by atoms with van der Waals surface area (Å²) in [5.41, 5.74) is 0.861. The Hall–Kier alpha value is -0.160. The zero-order valence-electron chi connectivity index (χ0n) is 13.4. The fraction of sp³-hybridized carbons (Fsp3) is 0.933. The first-order valence-electron chi connectivity index (χ1n) is 7.32. The molecule has 1 heterocycles. The molecule has 4 heteroatoms. The van der Waals surface area contributed by atoms with E-state index in [-0.39, 0.29) is 11.1 Å². The molecule has 0 amide bonds. The van der Waals surface area contributed by atoms with Crippen LogP contribution in [0.5, 0.6) is 0 Å². The van der Waals surface area contributed by atoms with Crippen molar-refractivity contribution in [2.24, 2.45) is 0 Å². The summed E-state index contributed by atoms with van der Waals surface area (Å²) in [5.74, 6) is 0. The number of hydrogen-bond acceptors (Lipinski definition) is 3. The number of rotatable bonds is 5. The van der Waals surface area contributed by atoms with Gasteiger partial charge in [-0.1, -0.05) is 13.8 Å². The van der Waals surface area contributed by atoms with Crippen LogP contribution < -0.4 is 0 Å². The third-order valence-corrected chi connectivity index (χ3v) is 6.61. The second-order valence-corrected chi connectivity index (χ2v) is 9.22. The van der Waals surface area contributed by atoms with Crippen LogP contribution in [0, 0.1) is 11.3 Å². The van der Waals surface area contributed by atoms with Crippen LogP contribution in [0.2, 0.25) is 0 Å². The Morgan fingerprint density at radius 3 is 2.16 bits per heavy atom. The Bertz CT molecular complexity index is 318. The Labute approximate surface area is 120 Å². The largest absolute Gasteiger partial charge is 0.342 e. The van der Waals surface area contributed by atoms with Gasteiger partial charge in [-0.2, -0.15) is 5.26 Å². The van der Waals surface area contributed by atoms with Gasteiger partial charge in [0.05, 0.1) is 19.1 Å². The number of nitriles is 1. The zero-order chi connectivity index (χ0) is 14.7. The molecule has 0 aromatic carbocycles. The van der Waals surface area contributed by atoms with Gasteiger partial charge >= 0.3 is 0 Å². The van der Waals surface area contributed by atoms with Gasteiger partial charge in [0.2, 0.25) is 0 Å². The van der Waals surface area contributed by atoms with E-state index in [1.54, 1.807) is 0 Å². The molecule has 19 heavy (non-hydrogen) atoms. The molecule has 1 saturated heterocycles. The summed E-state index contributed by atoms with van der Waals surface area (Å²) in [6.07, 6.45) is 4.23. The topological polar surface area (TPSA) is 36.3 Å². The van der Waals surface area contributed by atoms with Gasteiger partial charge in [0.15, 0.2) is 0 Å². The van der Waals surface area contributed by atoms with Gasteiger partial charge in [-0.15, -0.1) is 0 Å². The van der Waals surface area contributed by atoms with Crippen molar-refractivity contribution >= 4 is 8.30 Å². The fourth-order valence-electron chi connectivity index (χ4n) is 3.14. The molecule has 1 rings (SSSR count). The molecular formula is C15H29N2OP. The van der Waals surface area contributed by atoms with Gasteiger partial charge < -0.3 is 4.52 Å². The molecule has 1 fully saturated rings. The van der Waals surface area contributed by atoms with Crippen LogP contribution in [0.4, 0.5) is 0 Å². The molecule has 1 unspecified atom stereocenters. The second kappa shape index (κ2) is 6.53. The molecule has 0 bridgehead atoms. The van der Waals surface area contributed by atoms with E-state index in [2.05, 4.69) is 52.3 Å². The van der Waals surface area contributed by atoms with Gasteiger partial charge in [0.1, 0.15) is 8.30 Å². The first kappa shape index (κ1) is 16.9. The summed E-state index contributed by atoms with van der Waals surface area (Å²) >= 11 is 0. The summed E-state index contributed by atoms with van der Waals surface area (Å²) in [5, 5.41) is 8.70. The van der Waals surface area contributed by atoms with Gasteiger partial charge in [-0.25, -0.2) is 4.67 Å². The maximum absolute atomic E-state index is 8.70. The lowest BCUT2D eigenvalue weighted by Crippen LogP contribution is -2.56. The molecule has 0 saturated carbocycles. The first-order valence-corrected chi connectivity index (χ1v) is 8.60. The smallest absolute Gasteiger partial charge is 0.107 e. The van der Waals surface area contributed by atoms with Gasteiger partial charge in [-0.3, -0.25) is 0 Å². The Morgan fingerprint density at radius 1 is 1.21 bits per heavy atom. The van der Waals surface area contributed by atoms with Crippen molar-refractivity contribution in [1.82, 2.24) is 4.67 Å². The number of piperidine rings is 1. The van der Waals surface area contributed by atoms with E-state index < -0.39 is 8.30 Å². The molecule has 0 spiro atoms. The molecular weight excluding hydrogens is 255 g/mol. The highest BCUT2D eigenvalue weighted by Gasteiger charge is 2.46. The SMILES string of the molecule is CC(C)P(OCCC#N)N1C(C)(C)CCCC1(C)C. The fourth-order valence-corrected chi connectivity index (χ4v) is 5.56. The highest BCUT2D eigenvalue weighted by molar-refractivity contribution is 7.50. The number of hydrogen-bond donors (Lipinski definition) is 0. The average molecular weight is 284 g/mol. The maximum atomic E-state index is 8.70. The summed E-state index contributed by atoms with van der Waals surface area (Å²) < 4.78 is 8.73. The van der Waals surface area contributed by atoms with Crippen molar-refractivity contribution < 1.29 is 4.52 Å². The van der Waals surface area contributed by atoms with E-state index in [9.17, 15) is 0 Å². The summed E-state index contributed by atoms with van der Waals surface area (Å²) in [6, 6.07) is 2.17. The molecule has 1 aliphatic heterocycles. The highest BCUT2D eigenvalue weighted by Crippen LogP contribution is 2.57.